The standard InChI is InChI=1S/C7H7Br.CH4/c8-6-7-4-2-1-3-5-7;/h1-5H,6H2;1H4. The van der Waals surface area contributed by atoms with Crippen LogP contribution in [0.2, 0.25) is 0 Å². The molecule has 0 bridgehead atoms. The molecule has 50 valence electrons. The minimum Gasteiger partial charge on any atom is -0.0876 e. The van der Waals surface area contributed by atoms with Gasteiger partial charge >= 0.3 is 0 Å². The van der Waals surface area contributed by atoms with E-state index in [1.807, 2.05) is 18.2 Å². The van der Waals surface area contributed by atoms with E-state index in [0.717, 1.165) is 5.33 Å². The van der Waals surface area contributed by atoms with Gasteiger partial charge in [0.2, 0.25) is 0 Å². The molecule has 1 aromatic carbocycles. The maximum atomic E-state index is 3.36. The predicted octanol–water partition coefficient (Wildman–Crippen LogP) is 3.22. The summed E-state index contributed by atoms with van der Waals surface area (Å²) in [5.74, 6) is 0. The van der Waals surface area contributed by atoms with Gasteiger partial charge in [0.25, 0.3) is 0 Å². The lowest BCUT2D eigenvalue weighted by Gasteiger charge is -1.88. The summed E-state index contributed by atoms with van der Waals surface area (Å²) in [7, 11) is 0. The zero-order valence-corrected chi connectivity index (χ0v) is 6.06. The molecule has 0 atom stereocenters. The SMILES string of the molecule is BrCc1ccccc1.C. The molecular weight excluding hydrogens is 176 g/mol. The Balaban J connectivity index is 0.000000640. The van der Waals surface area contributed by atoms with Crippen LogP contribution < -0.4 is 0 Å². The Morgan fingerprint density at radius 2 is 1.67 bits per heavy atom. The van der Waals surface area contributed by atoms with Gasteiger partial charge in [-0.15, -0.1) is 0 Å². The second kappa shape index (κ2) is 4.57. The van der Waals surface area contributed by atoms with Gasteiger partial charge < -0.3 is 0 Å². The van der Waals surface area contributed by atoms with Crippen molar-refractivity contribution in [3.63, 3.8) is 0 Å². The maximum absolute atomic E-state index is 3.36. The Hall–Kier alpha value is -0.300. The lowest BCUT2D eigenvalue weighted by molar-refractivity contribution is 1.44. The van der Waals surface area contributed by atoms with Crippen LogP contribution in [0.3, 0.4) is 0 Å². The first kappa shape index (κ1) is 8.70. The molecule has 0 spiro atoms. The molecule has 0 fully saturated rings. The molecule has 0 aliphatic rings. The van der Waals surface area contributed by atoms with Gasteiger partial charge in [-0.1, -0.05) is 53.7 Å². The van der Waals surface area contributed by atoms with Gasteiger partial charge in [0, 0.05) is 5.33 Å². The van der Waals surface area contributed by atoms with Gasteiger partial charge in [-0.2, -0.15) is 0 Å². The largest absolute Gasteiger partial charge is 0.0876 e. The Morgan fingerprint density at radius 3 is 2.00 bits per heavy atom. The van der Waals surface area contributed by atoms with Crippen LogP contribution >= 0.6 is 15.9 Å². The second-order valence-corrected chi connectivity index (χ2v) is 2.18. The quantitative estimate of drug-likeness (QED) is 0.592. The zero-order chi connectivity index (χ0) is 5.82. The van der Waals surface area contributed by atoms with Crippen LogP contribution in [-0.4, -0.2) is 0 Å². The van der Waals surface area contributed by atoms with Crippen molar-refractivity contribution >= 4 is 15.9 Å². The fourth-order valence-electron chi connectivity index (χ4n) is 0.567. The first-order valence-corrected chi connectivity index (χ1v) is 3.65. The summed E-state index contributed by atoms with van der Waals surface area (Å²) in [6.45, 7) is 0. The van der Waals surface area contributed by atoms with E-state index >= 15 is 0 Å². The highest BCUT2D eigenvalue weighted by molar-refractivity contribution is 9.08. The van der Waals surface area contributed by atoms with E-state index in [0.29, 0.717) is 0 Å². The summed E-state index contributed by atoms with van der Waals surface area (Å²) in [6, 6.07) is 10.3. The van der Waals surface area contributed by atoms with E-state index in [9.17, 15) is 0 Å². The molecule has 0 amide bonds. The highest BCUT2D eigenvalue weighted by atomic mass is 79.9. The molecule has 0 N–H and O–H groups in total. The number of rotatable bonds is 1. The van der Waals surface area contributed by atoms with Crippen LogP contribution in [0.15, 0.2) is 30.3 Å². The van der Waals surface area contributed by atoms with Crippen molar-refractivity contribution in [2.75, 3.05) is 0 Å². The van der Waals surface area contributed by atoms with E-state index in [-0.39, 0.29) is 7.43 Å². The summed E-state index contributed by atoms with van der Waals surface area (Å²) < 4.78 is 0. The van der Waals surface area contributed by atoms with Gasteiger partial charge in [0.15, 0.2) is 0 Å². The summed E-state index contributed by atoms with van der Waals surface area (Å²) in [4.78, 5) is 0. The molecule has 0 aliphatic heterocycles. The Morgan fingerprint density at radius 1 is 1.11 bits per heavy atom. The fraction of sp³-hybridized carbons (Fsp3) is 0.250. The van der Waals surface area contributed by atoms with E-state index in [4.69, 9.17) is 0 Å². The van der Waals surface area contributed by atoms with Crippen LogP contribution in [0.5, 0.6) is 0 Å². The van der Waals surface area contributed by atoms with Crippen molar-refractivity contribution in [2.45, 2.75) is 12.8 Å². The smallest absolute Gasteiger partial charge is 0.0283 e. The maximum Gasteiger partial charge on any atom is 0.0283 e. The average molecular weight is 187 g/mol. The number of hydrogen-bond acceptors (Lipinski definition) is 0. The topological polar surface area (TPSA) is 0 Å². The van der Waals surface area contributed by atoms with Crippen molar-refractivity contribution in [3.05, 3.63) is 35.9 Å². The number of hydrogen-bond donors (Lipinski definition) is 0. The molecule has 0 saturated carbocycles. The Labute approximate surface area is 65.0 Å². The molecule has 0 nitrogen and oxygen atoms in total. The lowest BCUT2D eigenvalue weighted by Crippen LogP contribution is -1.70. The third-order valence-corrected chi connectivity index (χ3v) is 1.64. The van der Waals surface area contributed by atoms with Crippen LogP contribution in [0.25, 0.3) is 0 Å². The van der Waals surface area contributed by atoms with Crippen molar-refractivity contribution in [2.24, 2.45) is 0 Å². The van der Waals surface area contributed by atoms with Crippen LogP contribution in [0, 0.1) is 0 Å². The molecule has 0 radical (unpaired) electrons. The molecular formula is C8H11Br. The molecule has 9 heavy (non-hydrogen) atoms. The third-order valence-electron chi connectivity index (χ3n) is 0.997. The lowest BCUT2D eigenvalue weighted by atomic mass is 10.2. The summed E-state index contributed by atoms with van der Waals surface area (Å²) >= 11 is 3.36. The van der Waals surface area contributed by atoms with Crippen LogP contribution in [-0.2, 0) is 5.33 Å². The summed E-state index contributed by atoms with van der Waals surface area (Å²) in [5.41, 5.74) is 1.33. The third kappa shape index (κ3) is 2.66. The highest BCUT2D eigenvalue weighted by Crippen LogP contribution is 2.02. The zero-order valence-electron chi connectivity index (χ0n) is 4.47. The van der Waals surface area contributed by atoms with Crippen molar-refractivity contribution < 1.29 is 0 Å². The van der Waals surface area contributed by atoms with Gasteiger partial charge in [0.05, 0.1) is 0 Å². The molecule has 0 unspecified atom stereocenters. The first-order valence-electron chi connectivity index (χ1n) is 2.53. The normalized spacial score (nSPS) is 8.11. The Kier molecular flexibility index (Phi) is 4.41. The molecule has 1 heteroatoms. The second-order valence-electron chi connectivity index (χ2n) is 1.62. The van der Waals surface area contributed by atoms with Gasteiger partial charge in [0.1, 0.15) is 0 Å². The predicted molar refractivity (Wildman–Crippen MR) is 45.8 cm³/mol. The van der Waals surface area contributed by atoms with Gasteiger partial charge in [-0.25, -0.2) is 0 Å². The molecule has 0 heterocycles. The fourth-order valence-corrected chi connectivity index (χ4v) is 0.941. The van der Waals surface area contributed by atoms with E-state index in [1.54, 1.807) is 0 Å². The Bertz CT molecular complexity index is 146. The number of benzene rings is 1. The number of halogens is 1. The molecule has 1 aromatic rings. The molecule has 0 aromatic heterocycles. The van der Waals surface area contributed by atoms with Crippen molar-refractivity contribution in [1.29, 1.82) is 0 Å². The average Bonchev–Trinajstić information content (AvgIpc) is 1.90. The van der Waals surface area contributed by atoms with Crippen molar-refractivity contribution in [1.82, 2.24) is 0 Å². The molecule has 0 aliphatic carbocycles. The van der Waals surface area contributed by atoms with Crippen LogP contribution in [0.4, 0.5) is 0 Å². The van der Waals surface area contributed by atoms with Crippen molar-refractivity contribution in [3.8, 4) is 0 Å². The first-order chi connectivity index (χ1) is 3.93. The highest BCUT2D eigenvalue weighted by Gasteiger charge is 1.81. The van der Waals surface area contributed by atoms with E-state index < -0.39 is 0 Å². The van der Waals surface area contributed by atoms with E-state index in [1.165, 1.54) is 5.56 Å². The number of alkyl halides is 1. The van der Waals surface area contributed by atoms with E-state index in [2.05, 4.69) is 28.1 Å². The van der Waals surface area contributed by atoms with Gasteiger partial charge in [-0.3, -0.25) is 0 Å². The summed E-state index contributed by atoms with van der Waals surface area (Å²) in [5, 5.41) is 0.952. The monoisotopic (exact) mass is 186 g/mol. The minimum absolute atomic E-state index is 0. The van der Waals surface area contributed by atoms with Gasteiger partial charge in [-0.05, 0) is 5.56 Å². The molecule has 1 rings (SSSR count). The van der Waals surface area contributed by atoms with Crippen LogP contribution in [0.1, 0.15) is 13.0 Å². The summed E-state index contributed by atoms with van der Waals surface area (Å²) in [6.07, 6.45) is 0. The molecule has 0 saturated heterocycles. The minimum atomic E-state index is 0.